The summed E-state index contributed by atoms with van der Waals surface area (Å²) in [6, 6.07) is 0. The third-order valence-corrected chi connectivity index (χ3v) is 2.78. The van der Waals surface area contributed by atoms with E-state index in [0.717, 1.165) is 19.3 Å². The number of hydrogen-bond acceptors (Lipinski definition) is 4. The fourth-order valence-corrected chi connectivity index (χ4v) is 1.85. The lowest BCUT2D eigenvalue weighted by molar-refractivity contribution is -0.165. The highest BCUT2D eigenvalue weighted by Crippen LogP contribution is 2.30. The molecule has 18 heavy (non-hydrogen) atoms. The van der Waals surface area contributed by atoms with Crippen molar-refractivity contribution in [2.24, 2.45) is 5.41 Å². The van der Waals surface area contributed by atoms with E-state index >= 15 is 0 Å². The minimum atomic E-state index is -1.32. The van der Waals surface area contributed by atoms with Crippen LogP contribution in [-0.2, 0) is 19.1 Å². The molecule has 4 nitrogen and oxygen atoms in total. The van der Waals surface area contributed by atoms with E-state index in [1.54, 1.807) is 19.1 Å². The number of carbonyl (C=O) groups is 2. The Morgan fingerprint density at radius 2 is 1.72 bits per heavy atom. The van der Waals surface area contributed by atoms with Crippen LogP contribution in [0.3, 0.4) is 0 Å². The molecule has 0 unspecified atom stereocenters. The number of unbranched alkanes of at least 4 members (excludes halogenated alkanes) is 2. The smallest absolute Gasteiger partial charge is 0.327 e. The minimum Gasteiger partial charge on any atom is -0.468 e. The van der Waals surface area contributed by atoms with Gasteiger partial charge >= 0.3 is 11.9 Å². The second-order valence-corrected chi connectivity index (χ2v) is 3.99. The number of allylic oxidation sites excluding steroid dienone is 2. The number of hydrogen-bond donors (Lipinski definition) is 0. The summed E-state index contributed by atoms with van der Waals surface area (Å²) in [6.07, 6.45) is 7.86. The molecule has 102 valence electrons. The topological polar surface area (TPSA) is 52.6 Å². The zero-order valence-corrected chi connectivity index (χ0v) is 11.4. The molecule has 0 spiro atoms. The normalized spacial score (nSPS) is 11.3. The van der Waals surface area contributed by atoms with Crippen LogP contribution in [0.1, 0.15) is 32.6 Å². The molecule has 0 atom stereocenters. The highest BCUT2D eigenvalue weighted by atomic mass is 16.5. The monoisotopic (exact) mass is 254 g/mol. The maximum absolute atomic E-state index is 11.9. The molecule has 4 heteroatoms. The van der Waals surface area contributed by atoms with Gasteiger partial charge in [-0.25, -0.2) is 0 Å². The second kappa shape index (κ2) is 8.50. The Bertz CT molecular complexity index is 302. The van der Waals surface area contributed by atoms with Gasteiger partial charge in [-0.2, -0.15) is 0 Å². The van der Waals surface area contributed by atoms with Crippen LogP contribution in [0.5, 0.6) is 0 Å². The quantitative estimate of drug-likeness (QED) is 0.289. The standard InChI is InChI=1S/C14H22O4/c1-5-7-8-9-11-14(10-6-2,12(15)17-3)13(16)18-4/h5-6,10H,1,7-9,11H2,2-4H3/b10-6+. The van der Waals surface area contributed by atoms with Crippen LogP contribution >= 0.6 is 0 Å². The first-order valence-corrected chi connectivity index (χ1v) is 6.00. The first-order valence-electron chi connectivity index (χ1n) is 6.00. The molecule has 0 saturated carbocycles. The maximum atomic E-state index is 11.9. The van der Waals surface area contributed by atoms with E-state index < -0.39 is 17.4 Å². The summed E-state index contributed by atoms with van der Waals surface area (Å²) >= 11 is 0. The van der Waals surface area contributed by atoms with Crippen molar-refractivity contribution in [1.29, 1.82) is 0 Å². The molecule has 0 radical (unpaired) electrons. The SMILES string of the molecule is C=CCCCCC(/C=C/C)(C(=O)OC)C(=O)OC. The Morgan fingerprint density at radius 3 is 2.11 bits per heavy atom. The van der Waals surface area contributed by atoms with Crippen molar-refractivity contribution < 1.29 is 19.1 Å². The Hall–Kier alpha value is -1.58. The highest BCUT2D eigenvalue weighted by molar-refractivity contribution is 6.02. The molecule has 0 heterocycles. The lowest BCUT2D eigenvalue weighted by Gasteiger charge is -2.24. The van der Waals surface area contributed by atoms with Gasteiger partial charge in [0.05, 0.1) is 14.2 Å². The predicted molar refractivity (Wildman–Crippen MR) is 69.9 cm³/mol. The summed E-state index contributed by atoms with van der Waals surface area (Å²) in [5, 5.41) is 0. The summed E-state index contributed by atoms with van der Waals surface area (Å²) < 4.78 is 9.47. The van der Waals surface area contributed by atoms with Crippen molar-refractivity contribution in [2.75, 3.05) is 14.2 Å². The molecule has 0 aliphatic heterocycles. The van der Waals surface area contributed by atoms with Crippen molar-refractivity contribution in [1.82, 2.24) is 0 Å². The van der Waals surface area contributed by atoms with Crippen LogP contribution in [-0.4, -0.2) is 26.2 Å². The molecular weight excluding hydrogens is 232 g/mol. The Morgan fingerprint density at radius 1 is 1.17 bits per heavy atom. The van der Waals surface area contributed by atoms with Crippen molar-refractivity contribution in [3.63, 3.8) is 0 Å². The summed E-state index contributed by atoms with van der Waals surface area (Å²) in [5.74, 6) is -1.16. The van der Waals surface area contributed by atoms with Gasteiger partial charge in [-0.3, -0.25) is 9.59 Å². The van der Waals surface area contributed by atoms with Gasteiger partial charge in [-0.05, 0) is 26.2 Å². The van der Waals surface area contributed by atoms with Crippen LogP contribution in [0, 0.1) is 5.41 Å². The number of ether oxygens (including phenoxy) is 2. The average molecular weight is 254 g/mol. The van der Waals surface area contributed by atoms with E-state index in [2.05, 4.69) is 6.58 Å². The molecule has 0 rings (SSSR count). The molecule has 0 aliphatic carbocycles. The van der Waals surface area contributed by atoms with Crippen LogP contribution in [0.15, 0.2) is 24.8 Å². The predicted octanol–water partition coefficient (Wildman–Crippen LogP) is 2.64. The van der Waals surface area contributed by atoms with Crippen LogP contribution < -0.4 is 0 Å². The van der Waals surface area contributed by atoms with E-state index in [1.807, 2.05) is 6.08 Å². The number of esters is 2. The van der Waals surface area contributed by atoms with Crippen molar-refractivity contribution in [3.05, 3.63) is 24.8 Å². The molecule has 0 saturated heterocycles. The molecule has 0 N–H and O–H groups in total. The van der Waals surface area contributed by atoms with Gasteiger partial charge in [-0.1, -0.05) is 24.6 Å². The van der Waals surface area contributed by atoms with Gasteiger partial charge < -0.3 is 9.47 Å². The first-order chi connectivity index (χ1) is 8.58. The fourth-order valence-electron chi connectivity index (χ4n) is 1.85. The molecule has 0 bridgehead atoms. The highest BCUT2D eigenvalue weighted by Gasteiger charge is 2.45. The Balaban J connectivity index is 5.01. The van der Waals surface area contributed by atoms with Crippen molar-refractivity contribution in [3.8, 4) is 0 Å². The van der Waals surface area contributed by atoms with E-state index in [4.69, 9.17) is 9.47 Å². The third-order valence-electron chi connectivity index (χ3n) is 2.78. The summed E-state index contributed by atoms with van der Waals surface area (Å²) in [4.78, 5) is 23.8. The molecule has 0 amide bonds. The molecule has 0 aliphatic rings. The van der Waals surface area contributed by atoms with E-state index in [9.17, 15) is 9.59 Å². The molecular formula is C14H22O4. The van der Waals surface area contributed by atoms with Gasteiger partial charge in [0.2, 0.25) is 0 Å². The first kappa shape index (κ1) is 16.4. The van der Waals surface area contributed by atoms with Gasteiger partial charge in [0.1, 0.15) is 0 Å². The van der Waals surface area contributed by atoms with Gasteiger partial charge in [0.25, 0.3) is 0 Å². The third kappa shape index (κ3) is 4.02. The van der Waals surface area contributed by atoms with Gasteiger partial charge in [0, 0.05) is 0 Å². The number of carbonyl (C=O) groups excluding carboxylic acids is 2. The van der Waals surface area contributed by atoms with Crippen LogP contribution in [0.25, 0.3) is 0 Å². The molecule has 0 fully saturated rings. The van der Waals surface area contributed by atoms with Crippen molar-refractivity contribution in [2.45, 2.75) is 32.6 Å². The fraction of sp³-hybridized carbons (Fsp3) is 0.571. The molecule has 0 aromatic carbocycles. The average Bonchev–Trinajstić information content (AvgIpc) is 2.40. The maximum Gasteiger partial charge on any atom is 0.327 e. The van der Waals surface area contributed by atoms with Gasteiger partial charge in [-0.15, -0.1) is 6.58 Å². The molecule has 0 aromatic heterocycles. The molecule has 0 aromatic rings. The van der Waals surface area contributed by atoms with E-state index in [0.29, 0.717) is 6.42 Å². The van der Waals surface area contributed by atoms with E-state index in [1.165, 1.54) is 14.2 Å². The number of methoxy groups -OCH3 is 2. The second-order valence-electron chi connectivity index (χ2n) is 3.99. The largest absolute Gasteiger partial charge is 0.468 e. The zero-order valence-electron chi connectivity index (χ0n) is 11.4. The Labute approximate surface area is 109 Å². The lowest BCUT2D eigenvalue weighted by atomic mass is 9.82. The zero-order chi connectivity index (χ0) is 14.0. The van der Waals surface area contributed by atoms with E-state index in [-0.39, 0.29) is 0 Å². The minimum absolute atomic E-state index is 0.379. The van der Waals surface area contributed by atoms with Crippen LogP contribution in [0.4, 0.5) is 0 Å². The lowest BCUT2D eigenvalue weighted by Crippen LogP contribution is -2.39. The van der Waals surface area contributed by atoms with Crippen molar-refractivity contribution >= 4 is 11.9 Å². The Kier molecular flexibility index (Phi) is 7.76. The van der Waals surface area contributed by atoms with Gasteiger partial charge in [0.15, 0.2) is 5.41 Å². The summed E-state index contributed by atoms with van der Waals surface area (Å²) in [6.45, 7) is 5.39. The summed E-state index contributed by atoms with van der Waals surface area (Å²) in [7, 11) is 2.54. The number of rotatable bonds is 8. The van der Waals surface area contributed by atoms with Crippen LogP contribution in [0.2, 0.25) is 0 Å². The summed E-state index contributed by atoms with van der Waals surface area (Å²) in [5.41, 5.74) is -1.32.